The molecule has 1 aliphatic rings. The van der Waals surface area contributed by atoms with Crippen molar-refractivity contribution in [2.75, 3.05) is 13.7 Å². The largest absolute Gasteiger partial charge is 0.493 e. The fourth-order valence-corrected chi connectivity index (χ4v) is 4.20. The quantitative estimate of drug-likeness (QED) is 0.324. The van der Waals surface area contributed by atoms with Gasteiger partial charge in [-0.15, -0.1) is 0 Å². The predicted molar refractivity (Wildman–Crippen MR) is 147 cm³/mol. The molecule has 1 N–H and O–H groups in total. The molecule has 0 unspecified atom stereocenters. The van der Waals surface area contributed by atoms with Crippen LogP contribution in [0.5, 0.6) is 11.5 Å². The molecular formula is C30H36N2O10. The first kappa shape index (κ1) is 32.0. The molecular weight excluding hydrogens is 548 g/mol. The summed E-state index contributed by atoms with van der Waals surface area (Å²) in [5.74, 6) is -5.39. The van der Waals surface area contributed by atoms with Crippen molar-refractivity contribution in [3.63, 3.8) is 0 Å². The van der Waals surface area contributed by atoms with Gasteiger partial charge in [0.2, 0.25) is 5.75 Å². The molecule has 3 rings (SSSR count). The second-order valence-corrected chi connectivity index (χ2v) is 10.1. The summed E-state index contributed by atoms with van der Waals surface area (Å²) < 4.78 is 27.3. The molecule has 2 heterocycles. The van der Waals surface area contributed by atoms with Gasteiger partial charge in [0.25, 0.3) is 5.91 Å². The molecule has 1 aliphatic heterocycles. The Hall–Kier alpha value is -4.48. The van der Waals surface area contributed by atoms with E-state index in [1.807, 2.05) is 18.2 Å². The van der Waals surface area contributed by atoms with Crippen LogP contribution in [-0.2, 0) is 39.8 Å². The van der Waals surface area contributed by atoms with E-state index in [-0.39, 0.29) is 30.0 Å². The fourth-order valence-electron chi connectivity index (χ4n) is 4.20. The molecule has 1 fully saturated rings. The standard InChI is InChI=1S/C30H36N2O10/c1-6-10-23(33)41-26-22(38-5)13-14-31-24(26)27(34)32-21-16-39-29(36)20(15-19-11-8-7-9-12-19)25(18(4)40-30(21)37)42-28(35)17(2)3/h7-9,11-14,17-18,20-21,25H,6,10,15-16H2,1-5H3,(H,32,34)/t18-,20+,21-,25-/m0/s1. The Morgan fingerprint density at radius 3 is 2.45 bits per heavy atom. The number of hydrogen-bond donors (Lipinski definition) is 1. The number of ether oxygens (including phenoxy) is 5. The van der Waals surface area contributed by atoms with Crippen LogP contribution in [0, 0.1) is 11.8 Å². The van der Waals surface area contributed by atoms with Crippen molar-refractivity contribution < 1.29 is 47.7 Å². The first-order chi connectivity index (χ1) is 20.0. The van der Waals surface area contributed by atoms with E-state index in [0.29, 0.717) is 6.42 Å². The summed E-state index contributed by atoms with van der Waals surface area (Å²) in [6, 6.07) is 9.02. The summed E-state index contributed by atoms with van der Waals surface area (Å²) in [6.45, 7) is 6.01. The number of nitrogens with one attached hydrogen (secondary N) is 1. The lowest BCUT2D eigenvalue weighted by Gasteiger charge is -2.29. The first-order valence-electron chi connectivity index (χ1n) is 13.7. The molecule has 12 heteroatoms. The summed E-state index contributed by atoms with van der Waals surface area (Å²) in [5, 5.41) is 2.45. The Morgan fingerprint density at radius 1 is 1.10 bits per heavy atom. The highest BCUT2D eigenvalue weighted by atomic mass is 16.6. The molecule has 42 heavy (non-hydrogen) atoms. The molecule has 226 valence electrons. The monoisotopic (exact) mass is 584 g/mol. The minimum absolute atomic E-state index is 0.0789. The number of methoxy groups -OCH3 is 1. The molecule has 0 bridgehead atoms. The maximum absolute atomic E-state index is 13.4. The second-order valence-electron chi connectivity index (χ2n) is 10.1. The first-order valence-corrected chi connectivity index (χ1v) is 13.7. The average molecular weight is 585 g/mol. The highest BCUT2D eigenvalue weighted by molar-refractivity contribution is 5.99. The Labute approximate surface area is 244 Å². The number of carbonyl (C=O) groups excluding carboxylic acids is 5. The maximum atomic E-state index is 13.4. The van der Waals surface area contributed by atoms with Crippen LogP contribution in [0.4, 0.5) is 0 Å². The molecule has 0 saturated carbocycles. The minimum Gasteiger partial charge on any atom is -0.493 e. The lowest BCUT2D eigenvalue weighted by molar-refractivity contribution is -0.176. The SMILES string of the molecule is CCCC(=O)Oc1c(OC)ccnc1C(=O)N[C@H]1COC(=O)[C@H](Cc2ccccc2)[C@@H](OC(=O)C(C)C)[C@H](C)OC1=O. The Bertz CT molecular complexity index is 1280. The van der Waals surface area contributed by atoms with Crippen LogP contribution in [-0.4, -0.2) is 66.7 Å². The van der Waals surface area contributed by atoms with Gasteiger partial charge < -0.3 is 29.0 Å². The molecule has 2 aromatic rings. The second kappa shape index (κ2) is 14.9. The summed E-state index contributed by atoms with van der Waals surface area (Å²) in [7, 11) is 1.33. The van der Waals surface area contributed by atoms with E-state index in [1.54, 1.807) is 32.9 Å². The van der Waals surface area contributed by atoms with Crippen molar-refractivity contribution in [1.29, 1.82) is 0 Å². The number of cyclic esters (lactones) is 2. The molecule has 1 amide bonds. The average Bonchev–Trinajstić information content (AvgIpc) is 2.99. The summed E-state index contributed by atoms with van der Waals surface area (Å²) in [6.07, 6.45) is -0.200. The van der Waals surface area contributed by atoms with Crippen LogP contribution in [0.3, 0.4) is 0 Å². The molecule has 1 saturated heterocycles. The number of benzene rings is 1. The molecule has 12 nitrogen and oxygen atoms in total. The van der Waals surface area contributed by atoms with Gasteiger partial charge in [0.15, 0.2) is 23.6 Å². The summed E-state index contributed by atoms with van der Waals surface area (Å²) >= 11 is 0. The van der Waals surface area contributed by atoms with Gasteiger partial charge in [-0.05, 0) is 25.3 Å². The molecule has 0 spiro atoms. The van der Waals surface area contributed by atoms with Crippen LogP contribution in [0.15, 0.2) is 42.6 Å². The lowest BCUT2D eigenvalue weighted by Crippen LogP contribution is -2.47. The Kier molecular flexibility index (Phi) is 11.4. The third kappa shape index (κ3) is 8.27. The number of rotatable bonds is 10. The van der Waals surface area contributed by atoms with Crippen LogP contribution in [0.2, 0.25) is 0 Å². The van der Waals surface area contributed by atoms with Crippen molar-refractivity contribution in [2.45, 2.75) is 65.2 Å². The zero-order valence-electron chi connectivity index (χ0n) is 24.3. The number of amides is 1. The van der Waals surface area contributed by atoms with E-state index in [9.17, 15) is 24.0 Å². The molecule has 0 aliphatic carbocycles. The molecule has 4 atom stereocenters. The minimum atomic E-state index is -1.45. The smallest absolute Gasteiger partial charge is 0.332 e. The van der Waals surface area contributed by atoms with Gasteiger partial charge in [-0.25, -0.2) is 9.78 Å². The van der Waals surface area contributed by atoms with Gasteiger partial charge in [0.05, 0.1) is 13.0 Å². The van der Waals surface area contributed by atoms with Crippen LogP contribution < -0.4 is 14.8 Å². The van der Waals surface area contributed by atoms with E-state index < -0.39 is 66.5 Å². The van der Waals surface area contributed by atoms with Crippen LogP contribution in [0.1, 0.15) is 56.6 Å². The zero-order chi connectivity index (χ0) is 30.8. The molecule has 1 aromatic heterocycles. The van der Waals surface area contributed by atoms with E-state index in [0.717, 1.165) is 5.56 Å². The lowest BCUT2D eigenvalue weighted by atomic mass is 9.91. The number of nitrogens with zero attached hydrogens (tertiary/aromatic N) is 1. The number of aromatic nitrogens is 1. The molecule has 0 radical (unpaired) electrons. The number of pyridine rings is 1. The fraction of sp³-hybridized carbons (Fsp3) is 0.467. The van der Waals surface area contributed by atoms with Gasteiger partial charge in [-0.3, -0.25) is 19.2 Å². The highest BCUT2D eigenvalue weighted by Gasteiger charge is 2.42. The van der Waals surface area contributed by atoms with Gasteiger partial charge in [0, 0.05) is 18.7 Å². The third-order valence-corrected chi connectivity index (χ3v) is 6.44. The van der Waals surface area contributed by atoms with Gasteiger partial charge in [-0.2, -0.15) is 0 Å². The molecule has 1 aromatic carbocycles. The van der Waals surface area contributed by atoms with Crippen molar-refractivity contribution in [2.24, 2.45) is 11.8 Å². The van der Waals surface area contributed by atoms with Gasteiger partial charge in [0.1, 0.15) is 18.6 Å². The maximum Gasteiger partial charge on any atom is 0.332 e. The predicted octanol–water partition coefficient (Wildman–Crippen LogP) is 2.81. The third-order valence-electron chi connectivity index (χ3n) is 6.44. The van der Waals surface area contributed by atoms with E-state index in [4.69, 9.17) is 23.7 Å². The normalized spacial score (nSPS) is 20.7. The van der Waals surface area contributed by atoms with Gasteiger partial charge in [-0.1, -0.05) is 51.1 Å². The topological polar surface area (TPSA) is 156 Å². The van der Waals surface area contributed by atoms with Crippen LogP contribution in [0.25, 0.3) is 0 Å². The van der Waals surface area contributed by atoms with Crippen molar-refractivity contribution >= 4 is 29.8 Å². The number of esters is 4. The summed E-state index contributed by atoms with van der Waals surface area (Å²) in [5.41, 5.74) is 0.457. The van der Waals surface area contributed by atoms with Crippen molar-refractivity contribution in [1.82, 2.24) is 10.3 Å². The van der Waals surface area contributed by atoms with E-state index in [2.05, 4.69) is 10.3 Å². The van der Waals surface area contributed by atoms with Crippen LogP contribution >= 0.6 is 0 Å². The Morgan fingerprint density at radius 2 is 1.81 bits per heavy atom. The van der Waals surface area contributed by atoms with Crippen molar-refractivity contribution in [3.8, 4) is 11.5 Å². The number of hydrogen-bond acceptors (Lipinski definition) is 11. The van der Waals surface area contributed by atoms with E-state index >= 15 is 0 Å². The van der Waals surface area contributed by atoms with Crippen molar-refractivity contribution in [3.05, 3.63) is 53.9 Å². The highest BCUT2D eigenvalue weighted by Crippen LogP contribution is 2.30. The van der Waals surface area contributed by atoms with E-state index in [1.165, 1.54) is 26.3 Å². The van der Waals surface area contributed by atoms with Gasteiger partial charge >= 0.3 is 23.9 Å². The zero-order valence-corrected chi connectivity index (χ0v) is 24.3. The number of carbonyl (C=O) groups is 5. The summed E-state index contributed by atoms with van der Waals surface area (Å²) in [4.78, 5) is 68.7. The Balaban J connectivity index is 1.89.